The maximum atomic E-state index is 12.9. The van der Waals surface area contributed by atoms with Crippen molar-refractivity contribution < 1.29 is 13.5 Å². The molecule has 26 heavy (non-hydrogen) atoms. The third-order valence-corrected chi connectivity index (χ3v) is 7.06. The van der Waals surface area contributed by atoms with E-state index in [0.717, 1.165) is 37.9 Å². The first-order valence-electron chi connectivity index (χ1n) is 9.22. The van der Waals surface area contributed by atoms with E-state index >= 15 is 0 Å². The van der Waals surface area contributed by atoms with Crippen molar-refractivity contribution in [2.24, 2.45) is 5.92 Å². The van der Waals surface area contributed by atoms with Gasteiger partial charge in [-0.05, 0) is 44.0 Å². The number of benzene rings is 2. The molecule has 1 aliphatic rings. The second kappa shape index (κ2) is 8.33. The second-order valence-electron chi connectivity index (χ2n) is 7.23. The molecule has 140 valence electrons. The zero-order valence-corrected chi connectivity index (χ0v) is 16.0. The van der Waals surface area contributed by atoms with Crippen LogP contribution in [0.3, 0.4) is 0 Å². The quantitative estimate of drug-likeness (QED) is 0.873. The van der Waals surface area contributed by atoms with Gasteiger partial charge >= 0.3 is 0 Å². The minimum absolute atomic E-state index is 0.203. The molecule has 1 fully saturated rings. The van der Waals surface area contributed by atoms with E-state index in [1.165, 1.54) is 5.56 Å². The molecule has 1 saturated heterocycles. The van der Waals surface area contributed by atoms with E-state index in [1.54, 1.807) is 24.3 Å². The molecule has 0 radical (unpaired) electrons. The third kappa shape index (κ3) is 4.53. The maximum absolute atomic E-state index is 12.9. The highest BCUT2D eigenvalue weighted by Gasteiger charge is 2.34. The third-order valence-electron chi connectivity index (χ3n) is 5.11. The zero-order valence-electron chi connectivity index (χ0n) is 15.2. The first kappa shape index (κ1) is 19.1. The predicted octanol–water partition coefficient (Wildman–Crippen LogP) is 3.39. The fraction of sp³-hybridized carbons (Fsp3) is 0.429. The summed E-state index contributed by atoms with van der Waals surface area (Å²) in [4.78, 5) is 2.47. The molecule has 0 saturated carbocycles. The van der Waals surface area contributed by atoms with Crippen molar-refractivity contribution in [1.82, 2.24) is 4.90 Å². The van der Waals surface area contributed by atoms with Gasteiger partial charge in [-0.25, -0.2) is 8.42 Å². The van der Waals surface area contributed by atoms with Crippen molar-refractivity contribution >= 4 is 9.84 Å². The summed E-state index contributed by atoms with van der Waals surface area (Å²) in [7, 11) is -3.74. The van der Waals surface area contributed by atoms with Gasteiger partial charge in [0, 0.05) is 19.0 Å². The Morgan fingerprint density at radius 2 is 1.77 bits per heavy atom. The number of aliphatic hydroxyl groups is 1. The first-order valence-corrected chi connectivity index (χ1v) is 10.8. The van der Waals surface area contributed by atoms with Gasteiger partial charge in [0.25, 0.3) is 0 Å². The smallest absolute Gasteiger partial charge is 0.205 e. The molecule has 2 unspecified atom stereocenters. The second-order valence-corrected chi connectivity index (χ2v) is 9.27. The number of nitrogens with zero attached hydrogens (tertiary/aromatic N) is 1. The van der Waals surface area contributed by atoms with Crippen LogP contribution in [0.5, 0.6) is 0 Å². The number of aliphatic hydroxyl groups excluding tert-OH is 1. The van der Waals surface area contributed by atoms with Crippen molar-refractivity contribution in [3.05, 3.63) is 65.7 Å². The lowest BCUT2D eigenvalue weighted by Crippen LogP contribution is -2.37. The van der Waals surface area contributed by atoms with Crippen molar-refractivity contribution in [2.75, 3.05) is 13.1 Å². The topological polar surface area (TPSA) is 57.6 Å². The van der Waals surface area contributed by atoms with E-state index in [0.29, 0.717) is 6.54 Å². The van der Waals surface area contributed by atoms with Gasteiger partial charge < -0.3 is 5.11 Å². The highest BCUT2D eigenvalue weighted by molar-refractivity contribution is 7.91. The first-order chi connectivity index (χ1) is 12.5. The summed E-state index contributed by atoms with van der Waals surface area (Å²) in [5.41, 5.74) is 0.854. The summed E-state index contributed by atoms with van der Waals surface area (Å²) in [5.74, 6) is -0.271. The summed E-state index contributed by atoms with van der Waals surface area (Å²) in [6, 6.07) is 16.9. The largest absolute Gasteiger partial charge is 0.376 e. The van der Waals surface area contributed by atoms with Gasteiger partial charge in [-0.3, -0.25) is 4.90 Å². The molecule has 2 aromatic rings. The van der Waals surface area contributed by atoms with E-state index in [2.05, 4.69) is 17.0 Å². The molecule has 4 nitrogen and oxygen atoms in total. The molecule has 0 aliphatic carbocycles. The van der Waals surface area contributed by atoms with Gasteiger partial charge in [-0.1, -0.05) is 54.4 Å². The lowest BCUT2D eigenvalue weighted by molar-refractivity contribution is 0.137. The zero-order chi connectivity index (χ0) is 18.6. The molecule has 0 spiro atoms. The van der Waals surface area contributed by atoms with E-state index < -0.39 is 15.3 Å². The Morgan fingerprint density at radius 1 is 1.08 bits per heavy atom. The van der Waals surface area contributed by atoms with Crippen LogP contribution in [-0.2, 0) is 16.4 Å². The molecule has 0 amide bonds. The van der Waals surface area contributed by atoms with Crippen molar-refractivity contribution in [1.29, 1.82) is 0 Å². The van der Waals surface area contributed by atoms with Crippen LogP contribution in [0.4, 0.5) is 0 Å². The highest BCUT2D eigenvalue weighted by atomic mass is 32.2. The molecule has 2 atom stereocenters. The van der Waals surface area contributed by atoms with Gasteiger partial charge in [0.2, 0.25) is 9.84 Å². The number of aryl methyl sites for hydroxylation is 1. The number of hydrogen-bond acceptors (Lipinski definition) is 4. The van der Waals surface area contributed by atoms with E-state index in [9.17, 15) is 13.5 Å². The number of rotatable bonds is 5. The predicted molar refractivity (Wildman–Crippen MR) is 103 cm³/mol. The Morgan fingerprint density at radius 3 is 2.46 bits per heavy atom. The molecule has 5 heteroatoms. The molecule has 0 bridgehead atoms. The van der Waals surface area contributed by atoms with Crippen molar-refractivity contribution in [3.63, 3.8) is 0 Å². The average Bonchev–Trinajstić information content (AvgIpc) is 2.88. The Hall–Kier alpha value is -1.69. The monoisotopic (exact) mass is 373 g/mol. The lowest BCUT2D eigenvalue weighted by atomic mass is 10.0. The molecule has 0 aromatic heterocycles. The van der Waals surface area contributed by atoms with Gasteiger partial charge in [0.15, 0.2) is 5.44 Å². The Bertz CT molecular complexity index is 803. The van der Waals surface area contributed by atoms with E-state index in [1.807, 2.05) is 25.1 Å². The molecule has 3 rings (SSSR count). The van der Waals surface area contributed by atoms with Crippen LogP contribution in [0.1, 0.15) is 30.4 Å². The van der Waals surface area contributed by atoms with Gasteiger partial charge in [0.05, 0.1) is 4.90 Å². The van der Waals surface area contributed by atoms with Crippen molar-refractivity contribution in [3.8, 4) is 0 Å². The van der Waals surface area contributed by atoms with Crippen LogP contribution in [0, 0.1) is 12.8 Å². The number of likely N-dealkylation sites (tertiary alicyclic amines) is 1. The van der Waals surface area contributed by atoms with Crippen LogP contribution in [0.25, 0.3) is 0 Å². The molecule has 2 aromatic carbocycles. The Kier molecular flexibility index (Phi) is 6.12. The van der Waals surface area contributed by atoms with Gasteiger partial charge in [-0.15, -0.1) is 0 Å². The Balaban J connectivity index is 1.74. The fourth-order valence-corrected chi connectivity index (χ4v) is 5.12. The van der Waals surface area contributed by atoms with Gasteiger partial charge in [-0.2, -0.15) is 0 Å². The molecular formula is C21H27NO3S. The summed E-state index contributed by atoms with van der Waals surface area (Å²) in [6.45, 7) is 4.23. The summed E-state index contributed by atoms with van der Waals surface area (Å²) in [6.07, 6.45) is 2.70. The average molecular weight is 374 g/mol. The van der Waals surface area contributed by atoms with Crippen molar-refractivity contribution in [2.45, 2.75) is 43.1 Å². The van der Waals surface area contributed by atoms with Crippen LogP contribution >= 0.6 is 0 Å². The Labute approximate surface area is 156 Å². The van der Waals surface area contributed by atoms with E-state index in [-0.39, 0.29) is 10.8 Å². The van der Waals surface area contributed by atoms with Crippen LogP contribution in [0.15, 0.2) is 59.5 Å². The molecule has 1 heterocycles. The summed E-state index contributed by atoms with van der Waals surface area (Å²) >= 11 is 0. The SMILES string of the molecule is Cc1ccc(S(=O)(=O)C(O)C2CCCCN(Cc3ccccc3)C2)cc1. The summed E-state index contributed by atoms with van der Waals surface area (Å²) < 4.78 is 25.7. The van der Waals surface area contributed by atoms with Crippen LogP contribution in [0.2, 0.25) is 0 Å². The van der Waals surface area contributed by atoms with E-state index in [4.69, 9.17) is 0 Å². The number of hydrogen-bond donors (Lipinski definition) is 1. The fourth-order valence-electron chi connectivity index (χ4n) is 3.59. The lowest BCUT2D eigenvalue weighted by Gasteiger charge is -2.27. The minimum Gasteiger partial charge on any atom is -0.376 e. The maximum Gasteiger partial charge on any atom is 0.205 e. The highest BCUT2D eigenvalue weighted by Crippen LogP contribution is 2.27. The standard InChI is InChI=1S/C21H27NO3S/c1-17-10-12-20(13-11-17)26(24,25)21(23)19-9-5-6-14-22(16-19)15-18-7-3-2-4-8-18/h2-4,7-8,10-13,19,21,23H,5-6,9,14-16H2,1H3. The minimum atomic E-state index is -3.74. The van der Waals surface area contributed by atoms with Crippen LogP contribution in [-0.4, -0.2) is 36.9 Å². The normalized spacial score (nSPS) is 20.5. The molecule has 1 aliphatic heterocycles. The van der Waals surface area contributed by atoms with Crippen LogP contribution < -0.4 is 0 Å². The molecule has 1 N–H and O–H groups in total. The molecular weight excluding hydrogens is 346 g/mol. The number of sulfone groups is 1. The van der Waals surface area contributed by atoms with Gasteiger partial charge in [0.1, 0.15) is 0 Å². The summed E-state index contributed by atoms with van der Waals surface area (Å²) in [5, 5.41) is 10.7.